The van der Waals surface area contributed by atoms with E-state index in [1.54, 1.807) is 6.20 Å². The first-order valence-electron chi connectivity index (χ1n) is 6.51. The summed E-state index contributed by atoms with van der Waals surface area (Å²) in [4.78, 5) is 21.6. The van der Waals surface area contributed by atoms with E-state index in [0.717, 1.165) is 31.6 Å². The molecule has 0 aromatic carbocycles. The Bertz CT molecular complexity index is 598. The van der Waals surface area contributed by atoms with E-state index in [0.29, 0.717) is 5.89 Å². The van der Waals surface area contributed by atoms with Crippen LogP contribution in [0.2, 0.25) is 0 Å². The molecule has 2 aromatic heterocycles. The molecule has 0 spiro atoms. The Morgan fingerprint density at radius 3 is 3.10 bits per heavy atom. The second-order valence-electron chi connectivity index (χ2n) is 4.77. The number of carbonyl (C=O) groups excluding carboxylic acids is 1. The highest BCUT2D eigenvalue weighted by molar-refractivity contribution is 5.88. The third kappa shape index (κ3) is 2.53. The zero-order valence-electron chi connectivity index (χ0n) is 10.9. The molecule has 1 saturated heterocycles. The van der Waals surface area contributed by atoms with Gasteiger partial charge in [-0.25, -0.2) is 0 Å². The number of amides is 1. The van der Waals surface area contributed by atoms with Crippen LogP contribution in [0.1, 0.15) is 41.1 Å². The number of aromatic nitrogens is 3. The maximum Gasteiger partial charge on any atom is 0.290 e. The predicted octanol–water partition coefficient (Wildman–Crippen LogP) is 0.901. The number of likely N-dealkylation sites (tertiary alicyclic amines) is 1. The number of carbonyl (C=O) groups is 1. The molecule has 0 aliphatic carbocycles. The third-order valence-electron chi connectivity index (χ3n) is 3.40. The van der Waals surface area contributed by atoms with E-state index in [1.807, 2.05) is 18.2 Å². The minimum absolute atomic E-state index is 0.0256. The van der Waals surface area contributed by atoms with Crippen LogP contribution in [0.5, 0.6) is 0 Å². The number of nitrogens with two attached hydrogens (primary N) is 1. The van der Waals surface area contributed by atoms with Crippen molar-refractivity contribution in [3.05, 3.63) is 41.8 Å². The largest absolute Gasteiger partial charge is 0.363 e. The highest BCUT2D eigenvalue weighted by atomic mass is 16.5. The lowest BCUT2D eigenvalue weighted by Gasteiger charge is -2.20. The van der Waals surface area contributed by atoms with Gasteiger partial charge >= 0.3 is 0 Å². The topological polar surface area (TPSA) is 98.1 Å². The molecule has 3 heterocycles. The number of pyridine rings is 1. The molecule has 0 radical (unpaired) electrons. The molecular formula is C13H15N5O2. The van der Waals surface area contributed by atoms with Gasteiger partial charge in [0.05, 0.1) is 11.7 Å². The van der Waals surface area contributed by atoms with Crippen molar-refractivity contribution >= 4 is 5.91 Å². The van der Waals surface area contributed by atoms with Crippen LogP contribution in [-0.2, 0) is 6.54 Å². The molecule has 1 aliphatic heterocycles. The first-order valence-corrected chi connectivity index (χ1v) is 6.51. The van der Waals surface area contributed by atoms with E-state index >= 15 is 0 Å². The van der Waals surface area contributed by atoms with Gasteiger partial charge in [-0.3, -0.25) is 14.7 Å². The monoisotopic (exact) mass is 273 g/mol. The third-order valence-corrected chi connectivity index (χ3v) is 3.40. The van der Waals surface area contributed by atoms with E-state index in [1.165, 1.54) is 0 Å². The lowest BCUT2D eigenvalue weighted by molar-refractivity contribution is 0.0987. The SMILES string of the molecule is NC(=O)c1noc([C@H]2CCCN2Cc2ccccn2)n1. The predicted molar refractivity (Wildman–Crippen MR) is 69.4 cm³/mol. The molecule has 7 nitrogen and oxygen atoms in total. The molecule has 1 amide bonds. The van der Waals surface area contributed by atoms with Crippen LogP contribution in [0.25, 0.3) is 0 Å². The van der Waals surface area contributed by atoms with E-state index in [4.69, 9.17) is 10.3 Å². The summed E-state index contributed by atoms with van der Waals surface area (Å²) < 4.78 is 5.15. The van der Waals surface area contributed by atoms with Gasteiger partial charge in [-0.15, -0.1) is 0 Å². The molecule has 2 N–H and O–H groups in total. The summed E-state index contributed by atoms with van der Waals surface area (Å²) in [6.45, 7) is 1.66. The minimum atomic E-state index is -0.672. The summed E-state index contributed by atoms with van der Waals surface area (Å²) in [6, 6.07) is 5.86. The van der Waals surface area contributed by atoms with Crippen LogP contribution >= 0.6 is 0 Å². The number of hydrogen-bond donors (Lipinski definition) is 1. The normalized spacial score (nSPS) is 19.3. The maximum atomic E-state index is 11.0. The Morgan fingerprint density at radius 2 is 2.40 bits per heavy atom. The lowest BCUT2D eigenvalue weighted by atomic mass is 10.2. The second kappa shape index (κ2) is 5.38. The van der Waals surface area contributed by atoms with E-state index in [2.05, 4.69) is 20.0 Å². The van der Waals surface area contributed by atoms with Crippen molar-refractivity contribution < 1.29 is 9.32 Å². The van der Waals surface area contributed by atoms with E-state index < -0.39 is 5.91 Å². The van der Waals surface area contributed by atoms with Crippen molar-refractivity contribution in [1.82, 2.24) is 20.0 Å². The molecule has 0 bridgehead atoms. The van der Waals surface area contributed by atoms with Crippen LogP contribution in [0.4, 0.5) is 0 Å². The molecule has 2 aromatic rings. The molecule has 0 saturated carbocycles. The molecule has 104 valence electrons. The van der Waals surface area contributed by atoms with Crippen LogP contribution in [0.3, 0.4) is 0 Å². The van der Waals surface area contributed by atoms with Crippen molar-refractivity contribution in [3.63, 3.8) is 0 Å². The number of hydrogen-bond acceptors (Lipinski definition) is 6. The van der Waals surface area contributed by atoms with Gasteiger partial charge in [-0.1, -0.05) is 11.2 Å². The molecule has 20 heavy (non-hydrogen) atoms. The molecule has 7 heteroatoms. The number of nitrogens with zero attached hydrogens (tertiary/aromatic N) is 4. The van der Waals surface area contributed by atoms with Crippen molar-refractivity contribution in [3.8, 4) is 0 Å². The Balaban J connectivity index is 1.76. The van der Waals surface area contributed by atoms with Crippen LogP contribution in [0.15, 0.2) is 28.9 Å². The first kappa shape index (κ1) is 12.7. The quantitative estimate of drug-likeness (QED) is 0.888. The average Bonchev–Trinajstić information content (AvgIpc) is 3.08. The summed E-state index contributed by atoms with van der Waals surface area (Å²) in [5.74, 6) is -0.286. The van der Waals surface area contributed by atoms with Gasteiger partial charge in [0.15, 0.2) is 0 Å². The van der Waals surface area contributed by atoms with Crippen molar-refractivity contribution in [2.45, 2.75) is 25.4 Å². The fraction of sp³-hybridized carbons (Fsp3) is 0.385. The standard InChI is InChI=1S/C13H15N5O2/c14-11(19)12-16-13(20-17-12)10-5-3-7-18(10)8-9-4-1-2-6-15-9/h1-2,4,6,10H,3,5,7-8H2,(H2,14,19)/t10-/m1/s1. The van der Waals surface area contributed by atoms with Crippen molar-refractivity contribution in [2.24, 2.45) is 5.73 Å². The summed E-state index contributed by atoms with van der Waals surface area (Å²) in [5, 5.41) is 3.60. The molecule has 1 aliphatic rings. The zero-order chi connectivity index (χ0) is 13.9. The highest BCUT2D eigenvalue weighted by Crippen LogP contribution is 2.31. The van der Waals surface area contributed by atoms with Crippen molar-refractivity contribution in [1.29, 1.82) is 0 Å². The maximum absolute atomic E-state index is 11.0. The lowest BCUT2D eigenvalue weighted by Crippen LogP contribution is -2.23. The van der Waals surface area contributed by atoms with Crippen molar-refractivity contribution in [2.75, 3.05) is 6.54 Å². The van der Waals surface area contributed by atoms with Gasteiger partial charge in [0.2, 0.25) is 5.89 Å². The summed E-state index contributed by atoms with van der Waals surface area (Å²) >= 11 is 0. The minimum Gasteiger partial charge on any atom is -0.363 e. The van der Waals surface area contributed by atoms with E-state index in [9.17, 15) is 4.79 Å². The van der Waals surface area contributed by atoms with E-state index in [-0.39, 0.29) is 11.9 Å². The van der Waals surface area contributed by atoms with Gasteiger partial charge in [0.1, 0.15) is 0 Å². The molecule has 1 atom stereocenters. The first-order chi connectivity index (χ1) is 9.74. The Kier molecular flexibility index (Phi) is 3.42. The van der Waals surface area contributed by atoms with Gasteiger partial charge in [0, 0.05) is 12.7 Å². The number of rotatable bonds is 4. The summed E-state index contributed by atoms with van der Waals surface area (Å²) in [6.07, 6.45) is 3.75. The van der Waals surface area contributed by atoms with Gasteiger partial charge in [-0.2, -0.15) is 4.98 Å². The molecule has 0 unspecified atom stereocenters. The summed E-state index contributed by atoms with van der Waals surface area (Å²) in [7, 11) is 0. The highest BCUT2D eigenvalue weighted by Gasteiger charge is 2.31. The average molecular weight is 273 g/mol. The molecular weight excluding hydrogens is 258 g/mol. The van der Waals surface area contributed by atoms with Gasteiger partial charge in [0.25, 0.3) is 11.7 Å². The second-order valence-corrected chi connectivity index (χ2v) is 4.77. The molecule has 3 rings (SSSR count). The van der Waals surface area contributed by atoms with Crippen LogP contribution in [0, 0.1) is 0 Å². The molecule has 1 fully saturated rings. The fourth-order valence-corrected chi connectivity index (χ4v) is 2.47. The smallest absolute Gasteiger partial charge is 0.290 e. The number of primary amides is 1. The van der Waals surface area contributed by atoms with Gasteiger partial charge < -0.3 is 10.3 Å². The Hall–Kier alpha value is -2.28. The van der Waals surface area contributed by atoms with Gasteiger partial charge in [-0.05, 0) is 31.5 Å². The Morgan fingerprint density at radius 1 is 1.50 bits per heavy atom. The summed E-state index contributed by atoms with van der Waals surface area (Å²) in [5.41, 5.74) is 6.13. The Labute approximate surface area is 115 Å². The fourth-order valence-electron chi connectivity index (χ4n) is 2.47. The van der Waals surface area contributed by atoms with Crippen LogP contribution in [-0.4, -0.2) is 32.5 Å². The zero-order valence-corrected chi connectivity index (χ0v) is 10.9. The van der Waals surface area contributed by atoms with Crippen LogP contribution < -0.4 is 5.73 Å².